The summed E-state index contributed by atoms with van der Waals surface area (Å²) >= 11 is 0. The molecule has 0 bridgehead atoms. The molecule has 0 saturated heterocycles. The van der Waals surface area contributed by atoms with Crippen molar-refractivity contribution < 1.29 is 24.2 Å². The van der Waals surface area contributed by atoms with Crippen LogP contribution in [0, 0.1) is 0 Å². The Morgan fingerprint density at radius 3 is 1.56 bits per heavy atom. The maximum Gasteiger partial charge on any atom is 0.408 e. The number of carboxylic acid groups (broad SMARTS) is 1. The van der Waals surface area contributed by atoms with Gasteiger partial charge in [0.25, 0.3) is 0 Å². The summed E-state index contributed by atoms with van der Waals surface area (Å²) in [7, 11) is 0. The molecule has 188 valence electrons. The van der Waals surface area contributed by atoms with E-state index in [0.717, 1.165) is 16.7 Å². The summed E-state index contributed by atoms with van der Waals surface area (Å²) in [5, 5.41) is 15.1. The van der Waals surface area contributed by atoms with Crippen LogP contribution in [0.5, 0.6) is 0 Å². The number of benzene rings is 3. The van der Waals surface area contributed by atoms with E-state index < -0.39 is 29.2 Å². The van der Waals surface area contributed by atoms with Crippen LogP contribution >= 0.6 is 0 Å². The second-order valence-electron chi connectivity index (χ2n) is 9.47. The van der Waals surface area contributed by atoms with Gasteiger partial charge in [0.1, 0.15) is 17.2 Å². The molecule has 0 fully saturated rings. The highest BCUT2D eigenvalue weighted by Gasteiger charge is 2.38. The molecule has 0 spiro atoms. The van der Waals surface area contributed by atoms with Gasteiger partial charge in [-0.05, 0) is 43.9 Å². The summed E-state index contributed by atoms with van der Waals surface area (Å²) in [5.41, 5.74) is 0.802. The predicted molar refractivity (Wildman–Crippen MR) is 137 cm³/mol. The van der Waals surface area contributed by atoms with Crippen LogP contribution in [0.2, 0.25) is 0 Å². The van der Waals surface area contributed by atoms with Gasteiger partial charge in [0.05, 0.1) is 0 Å². The average Bonchev–Trinajstić information content (AvgIpc) is 2.85. The molecule has 0 aliphatic heterocycles. The molecule has 0 aromatic heterocycles. The minimum atomic E-state index is -1.27. The van der Waals surface area contributed by atoms with Gasteiger partial charge in [-0.15, -0.1) is 0 Å². The molecule has 3 aromatic rings. The zero-order chi connectivity index (χ0) is 26.2. The van der Waals surface area contributed by atoms with Gasteiger partial charge < -0.3 is 20.5 Å². The maximum atomic E-state index is 13.4. The number of carbonyl (C=O) groups is 3. The second kappa shape index (κ2) is 11.5. The van der Waals surface area contributed by atoms with Gasteiger partial charge >= 0.3 is 12.1 Å². The number of rotatable bonds is 9. The van der Waals surface area contributed by atoms with E-state index in [9.17, 15) is 19.5 Å². The Labute approximate surface area is 211 Å². The molecule has 2 amide bonds. The molecular formula is C29H32N2O5. The molecule has 7 nitrogen and oxygen atoms in total. The minimum absolute atomic E-state index is 0.102. The first kappa shape index (κ1) is 26.5. The van der Waals surface area contributed by atoms with Crippen LogP contribution in [-0.2, 0) is 19.9 Å². The summed E-state index contributed by atoms with van der Waals surface area (Å²) < 4.78 is 5.17. The van der Waals surface area contributed by atoms with Gasteiger partial charge in [-0.2, -0.15) is 0 Å². The van der Waals surface area contributed by atoms with Crippen molar-refractivity contribution in [2.45, 2.75) is 50.8 Å². The number of amides is 2. The summed E-state index contributed by atoms with van der Waals surface area (Å²) in [4.78, 5) is 37.2. The molecule has 0 radical (unpaired) electrons. The summed E-state index contributed by atoms with van der Waals surface area (Å²) in [5.74, 6) is -1.60. The number of alkyl carbamates (subject to hydrolysis) is 1. The molecule has 7 heteroatoms. The van der Waals surface area contributed by atoms with Crippen molar-refractivity contribution in [3.05, 3.63) is 108 Å². The molecular weight excluding hydrogens is 456 g/mol. The molecule has 1 unspecified atom stereocenters. The Balaban J connectivity index is 1.90. The van der Waals surface area contributed by atoms with E-state index in [2.05, 4.69) is 10.6 Å². The first-order chi connectivity index (χ1) is 17.1. The standard InChI is InChI=1S/C29H32N2O5/c1-28(2,3)36-27(35)30-24(26(33)34)19-20-25(32)31-29(21-13-7-4-8-14-21,22-15-9-5-10-16-22)23-17-11-6-12-18-23/h4-18,24H,19-20H2,1-3H3,(H,30,35)(H,31,32)(H,33,34). The zero-order valence-electron chi connectivity index (χ0n) is 20.7. The van der Waals surface area contributed by atoms with Gasteiger partial charge in [-0.1, -0.05) is 91.0 Å². The van der Waals surface area contributed by atoms with Crippen molar-refractivity contribution in [1.82, 2.24) is 10.6 Å². The van der Waals surface area contributed by atoms with Crippen LogP contribution in [0.3, 0.4) is 0 Å². The minimum Gasteiger partial charge on any atom is -0.480 e. The lowest BCUT2D eigenvalue weighted by molar-refractivity contribution is -0.139. The maximum absolute atomic E-state index is 13.4. The molecule has 0 aliphatic rings. The van der Waals surface area contributed by atoms with Crippen molar-refractivity contribution in [1.29, 1.82) is 0 Å². The van der Waals surface area contributed by atoms with Gasteiger partial charge in [-0.3, -0.25) is 4.79 Å². The monoisotopic (exact) mass is 488 g/mol. The van der Waals surface area contributed by atoms with Crippen molar-refractivity contribution in [3.8, 4) is 0 Å². The third kappa shape index (κ3) is 6.72. The molecule has 1 atom stereocenters. The summed E-state index contributed by atoms with van der Waals surface area (Å²) in [6.07, 6.45) is -1.07. The Hall–Kier alpha value is -4.13. The Kier molecular flexibility index (Phi) is 8.48. The lowest BCUT2D eigenvalue weighted by Gasteiger charge is -2.37. The number of nitrogens with one attached hydrogen (secondary N) is 2. The smallest absolute Gasteiger partial charge is 0.408 e. The fourth-order valence-electron chi connectivity index (χ4n) is 4.04. The van der Waals surface area contributed by atoms with Crippen molar-refractivity contribution >= 4 is 18.0 Å². The van der Waals surface area contributed by atoms with Crippen molar-refractivity contribution in [2.24, 2.45) is 0 Å². The highest BCUT2D eigenvalue weighted by atomic mass is 16.6. The van der Waals surface area contributed by atoms with Crippen LogP contribution in [0.15, 0.2) is 91.0 Å². The number of hydrogen-bond donors (Lipinski definition) is 3. The molecule has 36 heavy (non-hydrogen) atoms. The summed E-state index contributed by atoms with van der Waals surface area (Å²) in [6.45, 7) is 5.06. The number of hydrogen-bond acceptors (Lipinski definition) is 4. The normalized spacial score (nSPS) is 12.3. The molecule has 3 aromatic carbocycles. The Bertz CT molecular complexity index is 1060. The van der Waals surface area contributed by atoms with Gasteiger partial charge in [0, 0.05) is 6.42 Å². The second-order valence-corrected chi connectivity index (χ2v) is 9.47. The van der Waals surface area contributed by atoms with Crippen LogP contribution in [0.4, 0.5) is 4.79 Å². The van der Waals surface area contributed by atoms with Crippen LogP contribution in [0.25, 0.3) is 0 Å². The molecule has 0 heterocycles. The lowest BCUT2D eigenvalue weighted by Crippen LogP contribution is -2.49. The topological polar surface area (TPSA) is 105 Å². The van der Waals surface area contributed by atoms with Crippen molar-refractivity contribution in [3.63, 3.8) is 0 Å². The van der Waals surface area contributed by atoms with E-state index in [1.807, 2.05) is 91.0 Å². The molecule has 3 rings (SSSR count). The Morgan fingerprint density at radius 1 is 0.778 bits per heavy atom. The molecule has 3 N–H and O–H groups in total. The van der Waals surface area contributed by atoms with E-state index in [0.29, 0.717) is 0 Å². The van der Waals surface area contributed by atoms with Crippen molar-refractivity contribution in [2.75, 3.05) is 0 Å². The first-order valence-corrected chi connectivity index (χ1v) is 11.8. The quantitative estimate of drug-likeness (QED) is 0.374. The summed E-state index contributed by atoms with van der Waals surface area (Å²) in [6, 6.07) is 27.6. The van der Waals surface area contributed by atoms with Gasteiger partial charge in [0.15, 0.2) is 0 Å². The highest BCUT2D eigenvalue weighted by molar-refractivity contribution is 5.83. The predicted octanol–water partition coefficient (Wildman–Crippen LogP) is 4.85. The average molecular weight is 489 g/mol. The molecule has 0 saturated carbocycles. The van der Waals surface area contributed by atoms with Crippen LogP contribution < -0.4 is 10.6 Å². The largest absolute Gasteiger partial charge is 0.480 e. The van der Waals surface area contributed by atoms with E-state index in [4.69, 9.17) is 4.74 Å². The van der Waals surface area contributed by atoms with E-state index in [1.54, 1.807) is 20.8 Å². The third-order valence-electron chi connectivity index (χ3n) is 5.60. The fraction of sp³-hybridized carbons (Fsp3) is 0.276. The van der Waals surface area contributed by atoms with Gasteiger partial charge in [0.2, 0.25) is 5.91 Å². The molecule has 0 aliphatic carbocycles. The van der Waals surface area contributed by atoms with E-state index in [-0.39, 0.29) is 18.7 Å². The number of carbonyl (C=O) groups excluding carboxylic acids is 2. The third-order valence-corrected chi connectivity index (χ3v) is 5.60. The van der Waals surface area contributed by atoms with Gasteiger partial charge in [-0.25, -0.2) is 9.59 Å². The number of ether oxygens (including phenoxy) is 1. The van der Waals surface area contributed by atoms with E-state index >= 15 is 0 Å². The first-order valence-electron chi connectivity index (χ1n) is 11.8. The number of carboxylic acids is 1. The SMILES string of the molecule is CC(C)(C)OC(=O)NC(CCC(=O)NC(c1ccccc1)(c1ccccc1)c1ccccc1)C(=O)O. The lowest BCUT2D eigenvalue weighted by atomic mass is 9.77. The zero-order valence-corrected chi connectivity index (χ0v) is 20.7. The Morgan fingerprint density at radius 2 is 1.19 bits per heavy atom. The van der Waals surface area contributed by atoms with E-state index in [1.165, 1.54) is 0 Å². The highest BCUT2D eigenvalue weighted by Crippen LogP contribution is 2.36. The van der Waals surface area contributed by atoms with Crippen LogP contribution in [-0.4, -0.2) is 34.7 Å². The van der Waals surface area contributed by atoms with Crippen LogP contribution in [0.1, 0.15) is 50.3 Å². The number of aliphatic carboxylic acids is 1. The fourth-order valence-corrected chi connectivity index (χ4v) is 4.04.